The standard InChI is InChI=1S/C16H17NO4/c1-19-11-6-10(7-12(8-11)20-2)17-16(18)14-9-13(14)15-4-3-5-21-15/h3-8,13-14H,9H2,1-2H3,(H,17,18). The average molecular weight is 287 g/mol. The minimum Gasteiger partial charge on any atom is -0.497 e. The Balaban J connectivity index is 1.68. The van der Waals surface area contributed by atoms with Crippen LogP contribution in [0.4, 0.5) is 5.69 Å². The highest BCUT2D eigenvalue weighted by Crippen LogP contribution is 2.48. The van der Waals surface area contributed by atoms with Gasteiger partial charge in [0.1, 0.15) is 17.3 Å². The number of amides is 1. The fraction of sp³-hybridized carbons (Fsp3) is 0.312. The lowest BCUT2D eigenvalue weighted by molar-refractivity contribution is -0.117. The van der Waals surface area contributed by atoms with Crippen LogP contribution in [0.1, 0.15) is 18.1 Å². The molecule has 1 amide bonds. The zero-order valence-electron chi connectivity index (χ0n) is 12.0. The highest BCUT2D eigenvalue weighted by atomic mass is 16.5. The maximum Gasteiger partial charge on any atom is 0.228 e. The van der Waals surface area contributed by atoms with Gasteiger partial charge < -0.3 is 19.2 Å². The predicted molar refractivity (Wildman–Crippen MR) is 77.7 cm³/mol. The molecule has 3 rings (SSSR count). The normalized spacial score (nSPS) is 19.9. The first kappa shape index (κ1) is 13.5. The van der Waals surface area contributed by atoms with E-state index in [-0.39, 0.29) is 17.7 Å². The SMILES string of the molecule is COc1cc(NC(=O)C2CC2c2ccco2)cc(OC)c1. The Morgan fingerprint density at radius 2 is 1.95 bits per heavy atom. The fourth-order valence-electron chi connectivity index (χ4n) is 2.42. The summed E-state index contributed by atoms with van der Waals surface area (Å²) in [5.41, 5.74) is 0.668. The molecule has 0 radical (unpaired) electrons. The Bertz CT molecular complexity index is 613. The fourth-order valence-corrected chi connectivity index (χ4v) is 2.42. The van der Waals surface area contributed by atoms with Crippen LogP contribution < -0.4 is 14.8 Å². The van der Waals surface area contributed by atoms with Crippen LogP contribution in [0.5, 0.6) is 11.5 Å². The van der Waals surface area contributed by atoms with E-state index < -0.39 is 0 Å². The van der Waals surface area contributed by atoms with Crippen molar-refractivity contribution in [3.63, 3.8) is 0 Å². The number of ether oxygens (including phenoxy) is 2. The highest BCUT2D eigenvalue weighted by Gasteiger charge is 2.45. The number of rotatable bonds is 5. The van der Waals surface area contributed by atoms with E-state index in [1.54, 1.807) is 38.7 Å². The second-order valence-electron chi connectivity index (χ2n) is 5.05. The lowest BCUT2D eigenvalue weighted by Crippen LogP contribution is -2.14. The Morgan fingerprint density at radius 1 is 1.24 bits per heavy atom. The maximum atomic E-state index is 12.2. The third-order valence-corrected chi connectivity index (χ3v) is 3.65. The molecule has 110 valence electrons. The third kappa shape index (κ3) is 2.86. The summed E-state index contributed by atoms with van der Waals surface area (Å²) in [6.45, 7) is 0. The van der Waals surface area contributed by atoms with Gasteiger partial charge in [-0.05, 0) is 18.6 Å². The van der Waals surface area contributed by atoms with E-state index in [9.17, 15) is 4.79 Å². The van der Waals surface area contributed by atoms with Crippen LogP contribution in [0.2, 0.25) is 0 Å². The molecule has 1 aliphatic carbocycles. The summed E-state index contributed by atoms with van der Waals surface area (Å²) in [7, 11) is 3.16. The van der Waals surface area contributed by atoms with E-state index in [0.717, 1.165) is 12.2 Å². The van der Waals surface area contributed by atoms with Crippen LogP contribution in [0.25, 0.3) is 0 Å². The number of hydrogen-bond donors (Lipinski definition) is 1. The number of anilines is 1. The van der Waals surface area contributed by atoms with Gasteiger partial charge in [-0.2, -0.15) is 0 Å². The van der Waals surface area contributed by atoms with Gasteiger partial charge in [0.2, 0.25) is 5.91 Å². The summed E-state index contributed by atoms with van der Waals surface area (Å²) >= 11 is 0. The second-order valence-corrected chi connectivity index (χ2v) is 5.05. The van der Waals surface area contributed by atoms with Gasteiger partial charge in [-0.1, -0.05) is 0 Å². The zero-order valence-corrected chi connectivity index (χ0v) is 12.0. The maximum absolute atomic E-state index is 12.2. The number of hydrogen-bond acceptors (Lipinski definition) is 4. The largest absolute Gasteiger partial charge is 0.497 e. The molecule has 1 aliphatic rings. The quantitative estimate of drug-likeness (QED) is 0.918. The predicted octanol–water partition coefficient (Wildman–Crippen LogP) is 3.04. The van der Waals surface area contributed by atoms with E-state index >= 15 is 0 Å². The van der Waals surface area contributed by atoms with E-state index in [0.29, 0.717) is 17.2 Å². The van der Waals surface area contributed by atoms with Crippen molar-refractivity contribution in [2.45, 2.75) is 12.3 Å². The molecule has 2 atom stereocenters. The van der Waals surface area contributed by atoms with Crippen molar-refractivity contribution in [3.05, 3.63) is 42.4 Å². The molecule has 1 aromatic heterocycles. The molecule has 0 bridgehead atoms. The Labute approximate surface area is 122 Å². The highest BCUT2D eigenvalue weighted by molar-refractivity contribution is 5.95. The number of benzene rings is 1. The average Bonchev–Trinajstić information content (AvgIpc) is 3.13. The Kier molecular flexibility index (Phi) is 3.56. The van der Waals surface area contributed by atoms with Crippen LogP contribution in [-0.2, 0) is 4.79 Å². The molecule has 1 aromatic carbocycles. The first-order valence-electron chi connectivity index (χ1n) is 6.78. The lowest BCUT2D eigenvalue weighted by Gasteiger charge is -2.09. The molecule has 5 nitrogen and oxygen atoms in total. The molecule has 1 saturated carbocycles. The number of methoxy groups -OCH3 is 2. The molecule has 1 heterocycles. The van der Waals surface area contributed by atoms with Crippen molar-refractivity contribution in [1.29, 1.82) is 0 Å². The molecule has 2 unspecified atom stereocenters. The molecule has 1 N–H and O–H groups in total. The van der Waals surface area contributed by atoms with Crippen LogP contribution in [0, 0.1) is 5.92 Å². The van der Waals surface area contributed by atoms with Gasteiger partial charge in [-0.15, -0.1) is 0 Å². The van der Waals surface area contributed by atoms with Gasteiger partial charge in [0.05, 0.1) is 20.5 Å². The van der Waals surface area contributed by atoms with Gasteiger partial charge in [0, 0.05) is 35.7 Å². The smallest absolute Gasteiger partial charge is 0.228 e. The van der Waals surface area contributed by atoms with Crippen LogP contribution in [-0.4, -0.2) is 20.1 Å². The first-order valence-corrected chi connectivity index (χ1v) is 6.78. The van der Waals surface area contributed by atoms with Gasteiger partial charge in [0.15, 0.2) is 0 Å². The minimum atomic E-state index is -0.0339. The van der Waals surface area contributed by atoms with E-state index in [1.165, 1.54) is 0 Å². The lowest BCUT2D eigenvalue weighted by atomic mass is 10.2. The van der Waals surface area contributed by atoms with E-state index in [1.807, 2.05) is 12.1 Å². The van der Waals surface area contributed by atoms with Crippen LogP contribution >= 0.6 is 0 Å². The van der Waals surface area contributed by atoms with Gasteiger partial charge in [-0.3, -0.25) is 4.79 Å². The number of carbonyl (C=O) groups excluding carboxylic acids is 1. The molecule has 21 heavy (non-hydrogen) atoms. The van der Waals surface area contributed by atoms with Crippen LogP contribution in [0.15, 0.2) is 41.0 Å². The summed E-state index contributed by atoms with van der Waals surface area (Å²) in [4.78, 5) is 12.2. The number of nitrogens with one attached hydrogen (secondary N) is 1. The van der Waals surface area contributed by atoms with Crippen molar-refractivity contribution >= 4 is 11.6 Å². The summed E-state index contributed by atoms with van der Waals surface area (Å²) in [5.74, 6) is 2.30. The van der Waals surface area contributed by atoms with E-state index in [4.69, 9.17) is 13.9 Å². The monoisotopic (exact) mass is 287 g/mol. The summed E-state index contributed by atoms with van der Waals surface area (Å²) in [5, 5.41) is 2.90. The molecule has 0 aliphatic heterocycles. The van der Waals surface area contributed by atoms with E-state index in [2.05, 4.69) is 5.32 Å². The third-order valence-electron chi connectivity index (χ3n) is 3.65. The summed E-state index contributed by atoms with van der Waals surface area (Å²) in [6.07, 6.45) is 2.45. The van der Waals surface area contributed by atoms with Crippen molar-refractivity contribution in [1.82, 2.24) is 0 Å². The van der Waals surface area contributed by atoms with Crippen LogP contribution in [0.3, 0.4) is 0 Å². The second kappa shape index (κ2) is 5.52. The molecular formula is C16H17NO4. The summed E-state index contributed by atoms with van der Waals surface area (Å²) < 4.78 is 15.7. The van der Waals surface area contributed by atoms with Gasteiger partial charge in [-0.25, -0.2) is 0 Å². The van der Waals surface area contributed by atoms with Crippen molar-refractivity contribution in [2.75, 3.05) is 19.5 Å². The first-order chi connectivity index (χ1) is 10.2. The molecular weight excluding hydrogens is 270 g/mol. The van der Waals surface area contributed by atoms with Gasteiger partial charge in [0.25, 0.3) is 0 Å². The van der Waals surface area contributed by atoms with Gasteiger partial charge >= 0.3 is 0 Å². The molecule has 5 heteroatoms. The topological polar surface area (TPSA) is 60.7 Å². The zero-order chi connectivity index (χ0) is 14.8. The minimum absolute atomic E-state index is 0.00768. The number of carbonyl (C=O) groups is 1. The Morgan fingerprint density at radius 3 is 2.52 bits per heavy atom. The number of furan rings is 1. The molecule has 0 spiro atoms. The molecule has 0 saturated heterocycles. The van der Waals surface area contributed by atoms with Crippen molar-refractivity contribution in [2.24, 2.45) is 5.92 Å². The summed E-state index contributed by atoms with van der Waals surface area (Å²) in [6, 6.07) is 9.05. The van der Waals surface area contributed by atoms with Crippen molar-refractivity contribution in [3.8, 4) is 11.5 Å². The molecule has 2 aromatic rings. The molecule has 1 fully saturated rings. The van der Waals surface area contributed by atoms with Crippen molar-refractivity contribution < 1.29 is 18.7 Å². The Hall–Kier alpha value is -2.43.